The Morgan fingerprint density at radius 1 is 0.690 bits per heavy atom. The number of carbonyl (C=O) groups is 4. The summed E-state index contributed by atoms with van der Waals surface area (Å²) in [5.41, 5.74) is 1.78. The van der Waals surface area contributed by atoms with Crippen LogP contribution in [0.1, 0.15) is 53.4 Å². The predicted molar refractivity (Wildman–Crippen MR) is 212 cm³/mol. The minimum absolute atomic E-state index is 0.197. The van der Waals surface area contributed by atoms with Gasteiger partial charge in [-0.1, -0.05) is 0 Å². The highest BCUT2D eigenvalue weighted by atomic mass is 19.1. The lowest BCUT2D eigenvalue weighted by atomic mass is 10.1. The second kappa shape index (κ2) is 17.8. The normalized spacial score (nSPS) is 20.2. The summed E-state index contributed by atoms with van der Waals surface area (Å²) in [6.45, 7) is 7.35. The number of imidazole rings is 2. The smallest absolute Gasteiger partial charge is 0.248 e. The van der Waals surface area contributed by atoms with Crippen molar-refractivity contribution in [2.75, 3.05) is 27.2 Å². The lowest BCUT2D eigenvalue weighted by Gasteiger charge is -2.32. The second-order valence-electron chi connectivity index (χ2n) is 15.5. The number of halogens is 2. The monoisotopic (exact) mass is 808 g/mol. The summed E-state index contributed by atoms with van der Waals surface area (Å²) in [4.78, 5) is 66.7. The molecule has 0 radical (unpaired) electrons. The Morgan fingerprint density at radius 2 is 1.07 bits per heavy atom. The van der Waals surface area contributed by atoms with Crippen LogP contribution in [0.15, 0.2) is 36.4 Å². The Bertz CT molecular complexity index is 2010. The highest BCUT2D eigenvalue weighted by Gasteiger charge is 2.39. The van der Waals surface area contributed by atoms with Crippen LogP contribution in [0.2, 0.25) is 0 Å². The second-order valence-corrected chi connectivity index (χ2v) is 15.5. The minimum Gasteiger partial charge on any atom is -0.391 e. The number of aliphatic hydroxyl groups excluding tert-OH is 2. The van der Waals surface area contributed by atoms with Crippen molar-refractivity contribution in [3.05, 3.63) is 48.0 Å². The van der Waals surface area contributed by atoms with Crippen molar-refractivity contribution in [2.45, 2.75) is 115 Å². The number of hydrogen-bond acceptors (Lipinski definition) is 10. The standard InChI is InChI=1S/C40H54F2N10O6/c1-21(43-5)37(55)47-33(23(3)53)39(57)49-15-7-9-27(49)19-51-31-13-11-25(41)17-29(31)45-35(51)36-46-30-18-26(42)12-14-32(30)52(36)20-28-10-8-16-50(28)40(58)34(24(4)54)48-38(56)22(2)44-6/h11-14,17-18,21-24,27-28,33-34,43-44,53-54H,7-10,15-16,19-20H2,1-6H3,(H,47,55)(H,48,56)/t21-,22-,23+,24+,27+,28+,33-,34-/m1/s1. The van der Waals surface area contributed by atoms with Crippen molar-refractivity contribution < 1.29 is 38.2 Å². The molecule has 16 nitrogen and oxygen atoms in total. The molecule has 18 heteroatoms. The number of nitrogens with one attached hydrogen (secondary N) is 4. The number of nitrogens with zero attached hydrogens (tertiary/aromatic N) is 6. The lowest BCUT2D eigenvalue weighted by molar-refractivity contribution is -0.140. The third-order valence-corrected chi connectivity index (χ3v) is 11.5. The number of likely N-dealkylation sites (N-methyl/N-ethyl adjacent to an activating group) is 2. The third-order valence-electron chi connectivity index (χ3n) is 11.5. The van der Waals surface area contributed by atoms with Gasteiger partial charge in [-0.2, -0.15) is 0 Å². The van der Waals surface area contributed by atoms with Crippen LogP contribution in [0.5, 0.6) is 0 Å². The zero-order valence-corrected chi connectivity index (χ0v) is 33.7. The van der Waals surface area contributed by atoms with Gasteiger partial charge in [0.25, 0.3) is 0 Å². The highest BCUT2D eigenvalue weighted by molar-refractivity contribution is 5.91. The maximum absolute atomic E-state index is 14.7. The summed E-state index contributed by atoms with van der Waals surface area (Å²) >= 11 is 0. The average Bonchev–Trinajstić information content (AvgIpc) is 4.00. The zero-order valence-electron chi connectivity index (χ0n) is 33.7. The molecule has 2 saturated heterocycles. The Labute approximate surface area is 335 Å². The number of hydrogen-bond donors (Lipinski definition) is 6. The number of benzene rings is 2. The van der Waals surface area contributed by atoms with E-state index in [0.717, 1.165) is 0 Å². The molecule has 0 saturated carbocycles. The molecule has 0 unspecified atom stereocenters. The van der Waals surface area contributed by atoms with Crippen molar-refractivity contribution in [3.8, 4) is 11.6 Å². The first kappa shape index (κ1) is 42.6. The van der Waals surface area contributed by atoms with Gasteiger partial charge in [0.1, 0.15) is 23.7 Å². The number of likely N-dealkylation sites (tertiary alicyclic amines) is 2. The maximum atomic E-state index is 14.7. The number of aromatic nitrogens is 4. The molecular weight excluding hydrogens is 754 g/mol. The van der Waals surface area contributed by atoms with E-state index in [1.165, 1.54) is 38.1 Å². The number of rotatable bonds is 15. The van der Waals surface area contributed by atoms with Crippen LogP contribution >= 0.6 is 0 Å². The van der Waals surface area contributed by atoms with E-state index in [1.54, 1.807) is 49.9 Å². The Balaban J connectivity index is 1.38. The van der Waals surface area contributed by atoms with Gasteiger partial charge >= 0.3 is 0 Å². The number of fused-ring (bicyclic) bond motifs is 2. The molecule has 2 aromatic heterocycles. The summed E-state index contributed by atoms with van der Waals surface area (Å²) in [5, 5.41) is 32.3. The van der Waals surface area contributed by atoms with Crippen molar-refractivity contribution in [3.63, 3.8) is 0 Å². The molecule has 0 aliphatic carbocycles. The Kier molecular flexibility index (Phi) is 13.1. The number of amides is 4. The molecule has 58 heavy (non-hydrogen) atoms. The molecule has 4 amide bonds. The first-order valence-electron chi connectivity index (χ1n) is 19.9. The van der Waals surface area contributed by atoms with Gasteiger partial charge in [-0.05, 0) is 91.7 Å². The van der Waals surface area contributed by atoms with Crippen LogP contribution in [0, 0.1) is 11.6 Å². The summed E-state index contributed by atoms with van der Waals surface area (Å²) < 4.78 is 33.2. The van der Waals surface area contributed by atoms with Crippen molar-refractivity contribution in [1.82, 2.24) is 50.2 Å². The number of carbonyl (C=O) groups excluding carboxylic acids is 4. The van der Waals surface area contributed by atoms with Gasteiger partial charge in [0, 0.05) is 50.4 Å². The van der Waals surface area contributed by atoms with E-state index in [0.29, 0.717) is 72.5 Å². The Hall–Kier alpha value is -5.04. The van der Waals surface area contributed by atoms with Gasteiger partial charge in [0.15, 0.2) is 11.6 Å². The topological polar surface area (TPSA) is 199 Å². The fourth-order valence-corrected chi connectivity index (χ4v) is 7.92. The van der Waals surface area contributed by atoms with Crippen LogP contribution in [-0.4, -0.2) is 138 Å². The molecule has 6 rings (SSSR count). The van der Waals surface area contributed by atoms with Crippen molar-refractivity contribution in [1.29, 1.82) is 0 Å². The quantitative estimate of drug-likeness (QED) is 0.102. The molecule has 2 aliphatic rings. The SMILES string of the molecule is CN[C@H](C)C(=O)N[C@@H](C(=O)N1CCC[C@H]1Cn1c(-c2nc3cc(F)ccc3n2C[C@@H]2CCCN2C(=O)[C@H](NC(=O)[C@@H](C)NC)[C@H](C)O)nc2cc(F)ccc21)[C@H](C)O. The van der Waals surface area contributed by atoms with E-state index in [1.807, 2.05) is 9.13 Å². The van der Waals surface area contributed by atoms with Crippen LogP contribution in [0.25, 0.3) is 33.7 Å². The fourth-order valence-electron chi connectivity index (χ4n) is 7.92. The van der Waals surface area contributed by atoms with Crippen LogP contribution in [0.4, 0.5) is 8.78 Å². The molecule has 314 valence electrons. The van der Waals surface area contributed by atoms with Crippen LogP contribution < -0.4 is 21.3 Å². The van der Waals surface area contributed by atoms with Crippen molar-refractivity contribution >= 4 is 45.7 Å². The zero-order chi connectivity index (χ0) is 42.0. The summed E-state index contributed by atoms with van der Waals surface area (Å²) in [5.74, 6) is -2.11. The van der Waals surface area contributed by atoms with E-state index >= 15 is 0 Å². The van der Waals surface area contributed by atoms with E-state index in [2.05, 4.69) is 21.3 Å². The summed E-state index contributed by atoms with van der Waals surface area (Å²) in [6, 6.07) is 4.04. The molecule has 2 aromatic carbocycles. The maximum Gasteiger partial charge on any atom is 0.248 e. The van der Waals surface area contributed by atoms with E-state index in [-0.39, 0.29) is 13.1 Å². The summed E-state index contributed by atoms with van der Waals surface area (Å²) in [7, 11) is 3.24. The van der Waals surface area contributed by atoms with E-state index in [9.17, 15) is 38.2 Å². The highest BCUT2D eigenvalue weighted by Crippen LogP contribution is 2.33. The Morgan fingerprint density at radius 3 is 1.41 bits per heavy atom. The molecule has 6 N–H and O–H groups in total. The van der Waals surface area contributed by atoms with Crippen LogP contribution in [-0.2, 0) is 32.3 Å². The molecule has 0 bridgehead atoms. The van der Waals surface area contributed by atoms with E-state index < -0.39 is 83.7 Å². The lowest BCUT2D eigenvalue weighted by Crippen LogP contribution is -2.57. The van der Waals surface area contributed by atoms with Crippen LogP contribution in [0.3, 0.4) is 0 Å². The van der Waals surface area contributed by atoms with E-state index in [4.69, 9.17) is 9.97 Å². The summed E-state index contributed by atoms with van der Waals surface area (Å²) in [6.07, 6.45) is 0.140. The van der Waals surface area contributed by atoms with Gasteiger partial charge in [0.05, 0.1) is 46.4 Å². The number of aliphatic hydroxyl groups is 2. The molecule has 2 aliphatic heterocycles. The third kappa shape index (κ3) is 8.69. The van der Waals surface area contributed by atoms with Gasteiger partial charge < -0.3 is 50.4 Å². The fraction of sp³-hybridized carbons (Fsp3) is 0.550. The molecule has 4 heterocycles. The first-order valence-corrected chi connectivity index (χ1v) is 19.9. The predicted octanol–water partition coefficient (Wildman–Crippen LogP) is 1.26. The minimum atomic E-state index is -1.19. The van der Waals surface area contributed by atoms with Gasteiger partial charge in [0.2, 0.25) is 23.6 Å². The van der Waals surface area contributed by atoms with Gasteiger partial charge in [-0.25, -0.2) is 18.7 Å². The molecule has 4 aromatic rings. The molecule has 0 spiro atoms. The van der Waals surface area contributed by atoms with Crippen molar-refractivity contribution in [2.24, 2.45) is 0 Å². The average molecular weight is 809 g/mol. The first-order chi connectivity index (χ1) is 27.6. The largest absolute Gasteiger partial charge is 0.391 e. The van der Waals surface area contributed by atoms with Gasteiger partial charge in [-0.15, -0.1) is 0 Å². The molecule has 8 atom stereocenters. The molecule has 2 fully saturated rings. The molecular formula is C40H54F2N10O6. The van der Waals surface area contributed by atoms with Gasteiger partial charge in [-0.3, -0.25) is 19.2 Å².